The third-order valence-corrected chi connectivity index (χ3v) is 0.814. The highest BCUT2D eigenvalue weighted by atomic mass is 35.5. The van der Waals surface area contributed by atoms with Gasteiger partial charge in [0.2, 0.25) is 5.91 Å². The molecule has 1 amide bonds. The lowest BCUT2D eigenvalue weighted by atomic mass is 10.6. The Bertz CT molecular complexity index is 77.4. The summed E-state index contributed by atoms with van der Waals surface area (Å²) in [6.45, 7) is 3.23. The van der Waals surface area contributed by atoms with Crippen molar-refractivity contribution in [2.24, 2.45) is 0 Å². The summed E-state index contributed by atoms with van der Waals surface area (Å²) >= 11 is 0. The average Bonchev–Trinajstić information content (AvgIpc) is 1.83. The van der Waals surface area contributed by atoms with E-state index in [-0.39, 0.29) is 18.3 Å². The molecule has 0 saturated carbocycles. The molecular weight excluding hydrogens is 140 g/mol. The minimum atomic E-state index is 0. The van der Waals surface area contributed by atoms with Gasteiger partial charge in [0.25, 0.3) is 0 Å². The van der Waals surface area contributed by atoms with Crippen LogP contribution in [0, 0.1) is 0 Å². The van der Waals surface area contributed by atoms with Gasteiger partial charge in [-0.1, -0.05) is 6.92 Å². The number of amides is 1. The first-order valence-electron chi connectivity index (χ1n) is 2.72. The number of rotatable bonds is 3. The van der Waals surface area contributed by atoms with Crippen molar-refractivity contribution in [1.82, 2.24) is 10.6 Å². The van der Waals surface area contributed by atoms with Crippen molar-refractivity contribution in [3.63, 3.8) is 0 Å². The smallest absolute Gasteiger partial charge is 0.233 e. The fourth-order valence-corrected chi connectivity index (χ4v) is 0.327. The van der Waals surface area contributed by atoms with Crippen molar-refractivity contribution in [1.29, 1.82) is 0 Å². The van der Waals surface area contributed by atoms with Crippen LogP contribution in [0.4, 0.5) is 0 Å². The molecule has 0 radical (unpaired) electrons. The Morgan fingerprint density at radius 2 is 2.11 bits per heavy atom. The topological polar surface area (TPSA) is 41.1 Å². The first-order chi connectivity index (χ1) is 3.81. The van der Waals surface area contributed by atoms with Crippen molar-refractivity contribution < 1.29 is 4.79 Å². The number of hydrogen-bond donors (Lipinski definition) is 2. The molecule has 0 aromatic carbocycles. The number of halogens is 1. The normalized spacial score (nSPS) is 7.78. The first kappa shape index (κ1) is 11.5. The molecule has 3 nitrogen and oxygen atoms in total. The standard InChI is InChI=1S/C5H12N2O.ClH/c1-3-7-4-5(8)6-2;/h7H,3-4H2,1-2H3,(H,6,8);1H. The van der Waals surface area contributed by atoms with E-state index in [2.05, 4.69) is 10.6 Å². The summed E-state index contributed by atoms with van der Waals surface area (Å²) in [5.74, 6) is 0.0341. The molecule has 0 aliphatic heterocycles. The maximum atomic E-state index is 10.4. The molecule has 0 aromatic rings. The molecule has 4 heteroatoms. The second-order valence-electron chi connectivity index (χ2n) is 1.45. The van der Waals surface area contributed by atoms with Gasteiger partial charge < -0.3 is 10.6 Å². The van der Waals surface area contributed by atoms with Crippen LogP contribution in [0.1, 0.15) is 6.92 Å². The van der Waals surface area contributed by atoms with Crippen LogP contribution in [0.3, 0.4) is 0 Å². The second kappa shape index (κ2) is 7.72. The maximum Gasteiger partial charge on any atom is 0.233 e. The zero-order valence-corrected chi connectivity index (χ0v) is 6.55. The maximum absolute atomic E-state index is 10.4. The summed E-state index contributed by atoms with van der Waals surface area (Å²) in [6, 6.07) is 0. The van der Waals surface area contributed by atoms with Gasteiger partial charge in [0.15, 0.2) is 0 Å². The van der Waals surface area contributed by atoms with Gasteiger partial charge in [0.05, 0.1) is 6.54 Å². The van der Waals surface area contributed by atoms with Gasteiger partial charge in [-0.05, 0) is 6.54 Å². The van der Waals surface area contributed by atoms with Crippen LogP contribution in [0.2, 0.25) is 0 Å². The van der Waals surface area contributed by atoms with Crippen LogP contribution in [-0.4, -0.2) is 26.0 Å². The van der Waals surface area contributed by atoms with Gasteiger partial charge >= 0.3 is 0 Å². The van der Waals surface area contributed by atoms with E-state index in [9.17, 15) is 4.79 Å². The Hall–Kier alpha value is -0.280. The number of carbonyl (C=O) groups is 1. The summed E-state index contributed by atoms with van der Waals surface area (Å²) in [5.41, 5.74) is 0. The van der Waals surface area contributed by atoms with Crippen molar-refractivity contribution in [2.75, 3.05) is 20.1 Å². The fraction of sp³-hybridized carbons (Fsp3) is 0.800. The first-order valence-corrected chi connectivity index (χ1v) is 2.72. The molecule has 0 aliphatic rings. The zero-order chi connectivity index (χ0) is 6.41. The summed E-state index contributed by atoms with van der Waals surface area (Å²) in [5, 5.41) is 5.39. The van der Waals surface area contributed by atoms with Gasteiger partial charge in [-0.3, -0.25) is 4.79 Å². The molecule has 0 aromatic heterocycles. The minimum Gasteiger partial charge on any atom is -0.358 e. The molecule has 0 fully saturated rings. The molecule has 0 heterocycles. The molecule has 2 N–H and O–H groups in total. The van der Waals surface area contributed by atoms with E-state index in [1.165, 1.54) is 0 Å². The Kier molecular flexibility index (Phi) is 9.87. The summed E-state index contributed by atoms with van der Waals surface area (Å²) in [7, 11) is 1.62. The number of likely N-dealkylation sites (N-methyl/N-ethyl adjacent to an activating group) is 2. The number of carbonyl (C=O) groups excluding carboxylic acids is 1. The number of hydrogen-bond acceptors (Lipinski definition) is 2. The molecule has 9 heavy (non-hydrogen) atoms. The zero-order valence-electron chi connectivity index (χ0n) is 5.73. The van der Waals surface area contributed by atoms with Crippen LogP contribution < -0.4 is 10.6 Å². The van der Waals surface area contributed by atoms with E-state index >= 15 is 0 Å². The van der Waals surface area contributed by atoms with Crippen molar-refractivity contribution in [3.05, 3.63) is 0 Å². The largest absolute Gasteiger partial charge is 0.358 e. The van der Waals surface area contributed by atoms with Gasteiger partial charge in [0.1, 0.15) is 0 Å². The van der Waals surface area contributed by atoms with Gasteiger partial charge in [-0.2, -0.15) is 0 Å². The lowest BCUT2D eigenvalue weighted by molar-refractivity contribution is -0.119. The lowest BCUT2D eigenvalue weighted by Gasteiger charge is -1.97. The van der Waals surface area contributed by atoms with Gasteiger partial charge in [0, 0.05) is 7.05 Å². The van der Waals surface area contributed by atoms with Gasteiger partial charge in [-0.15, -0.1) is 12.4 Å². The predicted molar refractivity (Wildman–Crippen MR) is 39.9 cm³/mol. The van der Waals surface area contributed by atoms with E-state index in [1.54, 1.807) is 7.05 Å². The van der Waals surface area contributed by atoms with Crippen LogP contribution >= 0.6 is 12.4 Å². The molecular formula is C5H13ClN2O. The van der Waals surface area contributed by atoms with Crippen molar-refractivity contribution in [2.45, 2.75) is 6.92 Å². The van der Waals surface area contributed by atoms with E-state index in [4.69, 9.17) is 0 Å². The second-order valence-corrected chi connectivity index (χ2v) is 1.45. The SMILES string of the molecule is CCNCC(=O)NC.Cl. The average molecular weight is 153 g/mol. The monoisotopic (exact) mass is 152 g/mol. The Morgan fingerprint density at radius 3 is 2.44 bits per heavy atom. The minimum absolute atomic E-state index is 0. The summed E-state index contributed by atoms with van der Waals surface area (Å²) in [6.07, 6.45) is 0. The number of nitrogens with one attached hydrogen (secondary N) is 2. The predicted octanol–water partition coefficient (Wildman–Crippen LogP) is -0.236. The molecule has 0 bridgehead atoms. The lowest BCUT2D eigenvalue weighted by Crippen LogP contribution is -2.30. The molecule has 0 unspecified atom stereocenters. The Labute approximate surface area is 61.6 Å². The van der Waals surface area contributed by atoms with Crippen LogP contribution in [0.15, 0.2) is 0 Å². The van der Waals surface area contributed by atoms with E-state index < -0.39 is 0 Å². The highest BCUT2D eigenvalue weighted by molar-refractivity contribution is 5.85. The van der Waals surface area contributed by atoms with Gasteiger partial charge in [-0.25, -0.2) is 0 Å². The molecule has 0 aliphatic carbocycles. The van der Waals surface area contributed by atoms with Crippen molar-refractivity contribution >= 4 is 18.3 Å². The van der Waals surface area contributed by atoms with Crippen molar-refractivity contribution in [3.8, 4) is 0 Å². The highest BCUT2D eigenvalue weighted by Crippen LogP contribution is 1.57. The summed E-state index contributed by atoms with van der Waals surface area (Å²) in [4.78, 5) is 10.4. The molecule has 0 atom stereocenters. The van der Waals surface area contributed by atoms with Crippen LogP contribution in [0.5, 0.6) is 0 Å². The Morgan fingerprint density at radius 1 is 1.56 bits per heavy atom. The Balaban J connectivity index is 0. The highest BCUT2D eigenvalue weighted by Gasteiger charge is 1.91. The molecule has 0 saturated heterocycles. The summed E-state index contributed by atoms with van der Waals surface area (Å²) < 4.78 is 0. The third-order valence-electron chi connectivity index (χ3n) is 0.814. The molecule has 56 valence electrons. The van der Waals surface area contributed by atoms with E-state index in [0.717, 1.165) is 6.54 Å². The third kappa shape index (κ3) is 7.72. The van der Waals surface area contributed by atoms with E-state index in [0.29, 0.717) is 6.54 Å². The quantitative estimate of drug-likeness (QED) is 0.587. The van der Waals surface area contributed by atoms with Crippen LogP contribution in [0.25, 0.3) is 0 Å². The van der Waals surface area contributed by atoms with E-state index in [1.807, 2.05) is 6.92 Å². The van der Waals surface area contributed by atoms with Crippen LogP contribution in [-0.2, 0) is 4.79 Å². The molecule has 0 spiro atoms. The molecule has 0 rings (SSSR count). The fourth-order valence-electron chi connectivity index (χ4n) is 0.327.